The van der Waals surface area contributed by atoms with Crippen molar-refractivity contribution < 1.29 is 0 Å². The Morgan fingerprint density at radius 3 is 2.38 bits per heavy atom. The molecule has 2 aromatic carbocycles. The molecule has 1 heterocycles. The van der Waals surface area contributed by atoms with Gasteiger partial charge >= 0.3 is 0 Å². The van der Waals surface area contributed by atoms with Crippen LogP contribution in [0.25, 0.3) is 11.3 Å². The Morgan fingerprint density at radius 1 is 0.905 bits per heavy atom. The fourth-order valence-electron chi connectivity index (χ4n) is 2.14. The van der Waals surface area contributed by atoms with E-state index in [2.05, 4.69) is 46.5 Å². The average molecular weight is 275 g/mol. The normalized spacial score (nSPS) is 10.3. The first-order valence-corrected chi connectivity index (χ1v) is 7.09. The lowest BCUT2D eigenvalue weighted by atomic mass is 10.1. The monoisotopic (exact) mass is 275 g/mol. The van der Waals surface area contributed by atoms with Gasteiger partial charge in [-0.2, -0.15) is 0 Å². The Morgan fingerprint density at radius 2 is 1.67 bits per heavy atom. The smallest absolute Gasteiger partial charge is 0.227 e. The second kappa shape index (κ2) is 6.18. The maximum absolute atomic E-state index is 4.56. The van der Waals surface area contributed by atoms with Gasteiger partial charge < -0.3 is 5.32 Å². The molecule has 0 unspecified atom stereocenters. The van der Waals surface area contributed by atoms with Crippen LogP contribution in [0.3, 0.4) is 0 Å². The minimum absolute atomic E-state index is 0.612. The zero-order valence-corrected chi connectivity index (χ0v) is 12.0. The van der Waals surface area contributed by atoms with Crippen LogP contribution in [0.2, 0.25) is 0 Å². The van der Waals surface area contributed by atoms with Gasteiger partial charge in [-0.3, -0.25) is 0 Å². The van der Waals surface area contributed by atoms with E-state index in [-0.39, 0.29) is 0 Å². The van der Waals surface area contributed by atoms with Crippen LogP contribution in [-0.2, 0) is 6.42 Å². The molecule has 0 spiro atoms. The molecule has 3 aromatic rings. The molecule has 0 aliphatic rings. The summed E-state index contributed by atoms with van der Waals surface area (Å²) in [6, 6.07) is 20.4. The van der Waals surface area contributed by atoms with Gasteiger partial charge in [0.15, 0.2) is 0 Å². The summed E-state index contributed by atoms with van der Waals surface area (Å²) in [6.07, 6.45) is 2.82. The molecule has 0 aliphatic carbocycles. The molecule has 0 bridgehead atoms. The summed E-state index contributed by atoms with van der Waals surface area (Å²) in [5, 5.41) is 3.24. The van der Waals surface area contributed by atoms with Crippen LogP contribution in [0.4, 0.5) is 11.6 Å². The van der Waals surface area contributed by atoms with Gasteiger partial charge in [-0.05, 0) is 30.2 Å². The molecule has 1 aromatic heterocycles. The third-order valence-electron chi connectivity index (χ3n) is 3.34. The minimum Gasteiger partial charge on any atom is -0.324 e. The first-order valence-electron chi connectivity index (χ1n) is 7.09. The third kappa shape index (κ3) is 3.26. The van der Waals surface area contributed by atoms with Gasteiger partial charge in [-0.25, -0.2) is 9.97 Å². The van der Waals surface area contributed by atoms with Crippen molar-refractivity contribution in [3.63, 3.8) is 0 Å². The van der Waals surface area contributed by atoms with Crippen molar-refractivity contribution in [2.45, 2.75) is 13.3 Å². The van der Waals surface area contributed by atoms with Crippen LogP contribution in [-0.4, -0.2) is 9.97 Å². The van der Waals surface area contributed by atoms with Gasteiger partial charge in [-0.1, -0.05) is 49.4 Å². The summed E-state index contributed by atoms with van der Waals surface area (Å²) in [7, 11) is 0. The molecule has 0 radical (unpaired) electrons. The summed E-state index contributed by atoms with van der Waals surface area (Å²) < 4.78 is 0. The summed E-state index contributed by atoms with van der Waals surface area (Å²) in [4.78, 5) is 8.84. The second-order valence-corrected chi connectivity index (χ2v) is 4.81. The number of nitrogens with one attached hydrogen (secondary N) is 1. The van der Waals surface area contributed by atoms with Crippen LogP contribution in [0.1, 0.15) is 12.5 Å². The van der Waals surface area contributed by atoms with Crippen molar-refractivity contribution in [3.05, 3.63) is 72.4 Å². The van der Waals surface area contributed by atoms with E-state index in [0.717, 1.165) is 23.4 Å². The fourth-order valence-corrected chi connectivity index (χ4v) is 2.14. The highest BCUT2D eigenvalue weighted by Gasteiger charge is 2.02. The Bertz CT molecular complexity index is 706. The Kier molecular flexibility index (Phi) is 3.92. The molecule has 1 N–H and O–H groups in total. The molecule has 21 heavy (non-hydrogen) atoms. The lowest BCUT2D eigenvalue weighted by Crippen LogP contribution is -1.97. The van der Waals surface area contributed by atoms with Gasteiger partial charge in [0, 0.05) is 17.4 Å². The molecular weight excluding hydrogens is 258 g/mol. The molecule has 0 fully saturated rings. The molecule has 104 valence electrons. The molecule has 0 saturated heterocycles. The SMILES string of the molecule is CCc1ccc(Nc2nccc(-c3ccccc3)n2)cc1. The summed E-state index contributed by atoms with van der Waals surface area (Å²) in [6.45, 7) is 2.15. The first kappa shape index (κ1) is 13.3. The fraction of sp³-hybridized carbons (Fsp3) is 0.111. The van der Waals surface area contributed by atoms with Gasteiger partial charge in [0.25, 0.3) is 0 Å². The largest absolute Gasteiger partial charge is 0.324 e. The van der Waals surface area contributed by atoms with E-state index >= 15 is 0 Å². The van der Waals surface area contributed by atoms with Crippen molar-refractivity contribution >= 4 is 11.6 Å². The van der Waals surface area contributed by atoms with Gasteiger partial charge in [0.05, 0.1) is 5.69 Å². The molecule has 3 rings (SSSR count). The number of rotatable bonds is 4. The van der Waals surface area contributed by atoms with E-state index in [1.165, 1.54) is 5.56 Å². The summed E-state index contributed by atoms with van der Waals surface area (Å²) >= 11 is 0. The van der Waals surface area contributed by atoms with Gasteiger partial charge in [0.2, 0.25) is 5.95 Å². The predicted octanol–water partition coefficient (Wildman–Crippen LogP) is 4.45. The average Bonchev–Trinajstić information content (AvgIpc) is 2.57. The van der Waals surface area contributed by atoms with E-state index < -0.39 is 0 Å². The van der Waals surface area contributed by atoms with Crippen molar-refractivity contribution in [2.24, 2.45) is 0 Å². The molecular formula is C18H17N3. The van der Waals surface area contributed by atoms with Crippen molar-refractivity contribution in [1.82, 2.24) is 9.97 Å². The number of benzene rings is 2. The van der Waals surface area contributed by atoms with E-state index in [4.69, 9.17) is 0 Å². The zero-order valence-electron chi connectivity index (χ0n) is 12.0. The van der Waals surface area contributed by atoms with Gasteiger partial charge in [-0.15, -0.1) is 0 Å². The maximum Gasteiger partial charge on any atom is 0.227 e. The highest BCUT2D eigenvalue weighted by Crippen LogP contribution is 2.19. The summed E-state index contributed by atoms with van der Waals surface area (Å²) in [5.41, 5.74) is 4.32. The first-order chi connectivity index (χ1) is 10.3. The van der Waals surface area contributed by atoms with Crippen LogP contribution >= 0.6 is 0 Å². The van der Waals surface area contributed by atoms with E-state index in [1.54, 1.807) is 6.20 Å². The number of aryl methyl sites for hydroxylation is 1. The number of nitrogens with zero attached hydrogens (tertiary/aromatic N) is 2. The standard InChI is InChI=1S/C18H17N3/c1-2-14-8-10-16(11-9-14)20-18-19-13-12-17(21-18)15-6-4-3-5-7-15/h3-13H,2H2,1H3,(H,19,20,21). The molecule has 0 atom stereocenters. The van der Waals surface area contributed by atoms with E-state index in [9.17, 15) is 0 Å². The highest BCUT2D eigenvalue weighted by atomic mass is 15.1. The second-order valence-electron chi connectivity index (χ2n) is 4.81. The minimum atomic E-state index is 0.612. The van der Waals surface area contributed by atoms with Crippen molar-refractivity contribution in [1.29, 1.82) is 0 Å². The van der Waals surface area contributed by atoms with Crippen LogP contribution < -0.4 is 5.32 Å². The Labute approximate surface area is 124 Å². The molecule has 0 amide bonds. The number of hydrogen-bond acceptors (Lipinski definition) is 3. The molecule has 0 saturated carbocycles. The Hall–Kier alpha value is -2.68. The lowest BCUT2D eigenvalue weighted by Gasteiger charge is -2.07. The van der Waals surface area contributed by atoms with Gasteiger partial charge in [0.1, 0.15) is 0 Å². The molecule has 0 aliphatic heterocycles. The van der Waals surface area contributed by atoms with Crippen LogP contribution in [0.15, 0.2) is 66.9 Å². The van der Waals surface area contributed by atoms with Crippen molar-refractivity contribution in [3.8, 4) is 11.3 Å². The quantitative estimate of drug-likeness (QED) is 0.764. The predicted molar refractivity (Wildman–Crippen MR) is 86.6 cm³/mol. The van der Waals surface area contributed by atoms with E-state index in [1.807, 2.05) is 36.4 Å². The topological polar surface area (TPSA) is 37.8 Å². The lowest BCUT2D eigenvalue weighted by molar-refractivity contribution is 1.14. The zero-order chi connectivity index (χ0) is 14.5. The Balaban J connectivity index is 1.83. The maximum atomic E-state index is 4.56. The molecule has 3 nitrogen and oxygen atoms in total. The van der Waals surface area contributed by atoms with Crippen molar-refractivity contribution in [2.75, 3.05) is 5.32 Å². The third-order valence-corrected chi connectivity index (χ3v) is 3.34. The number of aromatic nitrogens is 2. The number of hydrogen-bond donors (Lipinski definition) is 1. The highest BCUT2D eigenvalue weighted by molar-refractivity contribution is 5.61. The number of anilines is 2. The summed E-state index contributed by atoms with van der Waals surface area (Å²) in [5.74, 6) is 0.612. The van der Waals surface area contributed by atoms with Crippen LogP contribution in [0.5, 0.6) is 0 Å². The van der Waals surface area contributed by atoms with Crippen LogP contribution in [0, 0.1) is 0 Å². The molecule has 3 heteroatoms. The van der Waals surface area contributed by atoms with E-state index in [0.29, 0.717) is 5.95 Å².